The predicted octanol–water partition coefficient (Wildman–Crippen LogP) is 3.07. The van der Waals surface area contributed by atoms with E-state index in [2.05, 4.69) is 25.5 Å². The van der Waals surface area contributed by atoms with Gasteiger partial charge in [0.25, 0.3) is 5.91 Å². The molecule has 0 spiro atoms. The summed E-state index contributed by atoms with van der Waals surface area (Å²) in [5.41, 5.74) is 0.588. The molecule has 4 rings (SSSR count). The number of carbonyl (C=O) groups is 2. The zero-order valence-corrected chi connectivity index (χ0v) is 20.9. The van der Waals surface area contributed by atoms with Crippen LogP contribution in [0.3, 0.4) is 0 Å². The molecule has 11 heteroatoms. The van der Waals surface area contributed by atoms with Crippen molar-refractivity contribution in [1.29, 1.82) is 0 Å². The lowest BCUT2D eigenvalue weighted by Crippen LogP contribution is -2.55. The molecule has 3 heterocycles. The van der Waals surface area contributed by atoms with Gasteiger partial charge in [-0.05, 0) is 45.9 Å². The molecule has 1 saturated heterocycles. The van der Waals surface area contributed by atoms with E-state index in [9.17, 15) is 9.59 Å². The molecule has 2 amide bonds. The molecule has 0 aliphatic carbocycles. The molecule has 1 N–H and O–H groups in total. The SMILES string of the molecule is COc1cc2nn(C)cc2cc1C(=O)Nc1ccc(N2CCN(C(=O)OC(C)(C)C)[C@@H](C)C2)nn1. The molecule has 11 nitrogen and oxygen atoms in total. The fraction of sp³-hybridized carbons (Fsp3) is 0.458. The molecule has 3 aromatic rings. The molecule has 0 bridgehead atoms. The van der Waals surface area contributed by atoms with Crippen LogP contribution >= 0.6 is 0 Å². The quantitative estimate of drug-likeness (QED) is 0.605. The van der Waals surface area contributed by atoms with Crippen LogP contribution in [-0.4, -0.2) is 75.3 Å². The zero-order valence-electron chi connectivity index (χ0n) is 20.9. The monoisotopic (exact) mass is 481 g/mol. The van der Waals surface area contributed by atoms with Crippen LogP contribution in [-0.2, 0) is 11.8 Å². The van der Waals surface area contributed by atoms with E-state index in [1.807, 2.05) is 40.9 Å². The Labute approximate surface area is 204 Å². The van der Waals surface area contributed by atoms with Gasteiger partial charge in [-0.1, -0.05) is 0 Å². The Kier molecular flexibility index (Phi) is 6.51. The van der Waals surface area contributed by atoms with Crippen LogP contribution in [0.4, 0.5) is 16.4 Å². The van der Waals surface area contributed by atoms with Gasteiger partial charge in [0.2, 0.25) is 0 Å². The highest BCUT2D eigenvalue weighted by molar-refractivity contribution is 6.08. The van der Waals surface area contributed by atoms with E-state index in [4.69, 9.17) is 9.47 Å². The third-order valence-electron chi connectivity index (χ3n) is 5.66. The summed E-state index contributed by atoms with van der Waals surface area (Å²) in [6.07, 6.45) is 1.53. The van der Waals surface area contributed by atoms with E-state index in [0.29, 0.717) is 42.6 Å². The Morgan fingerprint density at radius 1 is 1.14 bits per heavy atom. The summed E-state index contributed by atoms with van der Waals surface area (Å²) in [6, 6.07) is 6.94. The first-order chi connectivity index (χ1) is 16.5. The summed E-state index contributed by atoms with van der Waals surface area (Å²) in [5, 5.41) is 16.4. The first-order valence-corrected chi connectivity index (χ1v) is 11.4. The molecule has 1 aliphatic rings. The van der Waals surface area contributed by atoms with Crippen LogP contribution in [0.25, 0.3) is 10.9 Å². The number of methoxy groups -OCH3 is 1. The fourth-order valence-corrected chi connectivity index (χ4v) is 4.02. The molecule has 186 valence electrons. The van der Waals surface area contributed by atoms with E-state index in [-0.39, 0.29) is 18.0 Å². The van der Waals surface area contributed by atoms with Crippen LogP contribution in [0, 0.1) is 0 Å². The maximum absolute atomic E-state index is 12.9. The zero-order chi connectivity index (χ0) is 25.3. The number of hydrogen-bond donors (Lipinski definition) is 1. The second kappa shape index (κ2) is 9.40. The van der Waals surface area contributed by atoms with Crippen molar-refractivity contribution in [2.45, 2.75) is 39.3 Å². The summed E-state index contributed by atoms with van der Waals surface area (Å²) in [5.74, 6) is 1.07. The number of nitrogens with one attached hydrogen (secondary N) is 1. The molecule has 1 atom stereocenters. The van der Waals surface area contributed by atoms with Gasteiger partial charge in [-0.15, -0.1) is 10.2 Å². The van der Waals surface area contributed by atoms with Gasteiger partial charge in [0.05, 0.1) is 18.2 Å². The number of fused-ring (bicyclic) bond motifs is 1. The topological polar surface area (TPSA) is 115 Å². The molecular weight excluding hydrogens is 450 g/mol. The van der Waals surface area contributed by atoms with Crippen molar-refractivity contribution in [3.8, 4) is 5.75 Å². The average molecular weight is 482 g/mol. The number of benzene rings is 1. The van der Waals surface area contributed by atoms with Crippen LogP contribution in [0.2, 0.25) is 0 Å². The lowest BCUT2D eigenvalue weighted by Gasteiger charge is -2.40. The minimum absolute atomic E-state index is 0.0466. The smallest absolute Gasteiger partial charge is 0.410 e. The second-order valence-electron chi connectivity index (χ2n) is 9.61. The number of anilines is 2. The maximum atomic E-state index is 12.9. The summed E-state index contributed by atoms with van der Waals surface area (Å²) < 4.78 is 12.6. The third kappa shape index (κ3) is 5.44. The van der Waals surface area contributed by atoms with Crippen molar-refractivity contribution < 1.29 is 19.1 Å². The molecular formula is C24H31N7O4. The summed E-state index contributed by atoms with van der Waals surface area (Å²) in [7, 11) is 3.33. The number of rotatable bonds is 4. The summed E-state index contributed by atoms with van der Waals surface area (Å²) in [6.45, 7) is 9.27. The highest BCUT2D eigenvalue weighted by atomic mass is 16.6. The van der Waals surface area contributed by atoms with Crippen molar-refractivity contribution in [2.75, 3.05) is 37.0 Å². The minimum atomic E-state index is -0.534. The first-order valence-electron chi connectivity index (χ1n) is 11.4. The summed E-state index contributed by atoms with van der Waals surface area (Å²) >= 11 is 0. The number of carbonyl (C=O) groups excluding carboxylic acids is 2. The number of aromatic nitrogens is 4. The first kappa shape index (κ1) is 24.2. The predicted molar refractivity (Wildman–Crippen MR) is 132 cm³/mol. The molecule has 2 aromatic heterocycles. The number of amides is 2. The largest absolute Gasteiger partial charge is 0.496 e. The molecule has 1 aromatic carbocycles. The van der Waals surface area contributed by atoms with E-state index < -0.39 is 5.60 Å². The van der Waals surface area contributed by atoms with Crippen LogP contribution < -0.4 is 15.0 Å². The Morgan fingerprint density at radius 3 is 2.54 bits per heavy atom. The molecule has 0 unspecified atom stereocenters. The van der Waals surface area contributed by atoms with E-state index in [1.54, 1.807) is 33.8 Å². The standard InChI is InChI=1S/C24H31N7O4/c1-15-13-30(9-10-31(15)23(33)35-24(2,3)4)21-8-7-20(26-27-21)25-22(32)17-11-16-14-29(5)28-18(16)12-19(17)34-6/h7-8,11-12,14-15H,9-10,13H2,1-6H3,(H,25,26,32)/t15-/m0/s1. The van der Waals surface area contributed by atoms with Gasteiger partial charge in [-0.25, -0.2) is 4.79 Å². The maximum Gasteiger partial charge on any atom is 0.410 e. The molecule has 1 fully saturated rings. The van der Waals surface area contributed by atoms with Gasteiger partial charge >= 0.3 is 6.09 Å². The van der Waals surface area contributed by atoms with E-state index in [1.165, 1.54) is 7.11 Å². The highest BCUT2D eigenvalue weighted by Gasteiger charge is 2.31. The van der Waals surface area contributed by atoms with Gasteiger partial charge in [0.15, 0.2) is 11.6 Å². The highest BCUT2D eigenvalue weighted by Crippen LogP contribution is 2.26. The molecule has 1 aliphatic heterocycles. The number of aryl methyl sites for hydroxylation is 1. The van der Waals surface area contributed by atoms with Gasteiger partial charge in [0, 0.05) is 50.4 Å². The Morgan fingerprint density at radius 2 is 1.91 bits per heavy atom. The normalized spacial score (nSPS) is 16.3. The number of hydrogen-bond acceptors (Lipinski definition) is 8. The molecule has 0 radical (unpaired) electrons. The van der Waals surface area contributed by atoms with Crippen LogP contribution in [0.5, 0.6) is 5.75 Å². The van der Waals surface area contributed by atoms with Crippen molar-refractivity contribution in [3.63, 3.8) is 0 Å². The number of nitrogens with zero attached hydrogens (tertiary/aromatic N) is 6. The number of ether oxygens (including phenoxy) is 2. The van der Waals surface area contributed by atoms with Gasteiger partial charge in [-0.3, -0.25) is 9.48 Å². The average Bonchev–Trinajstić information content (AvgIpc) is 3.16. The van der Waals surface area contributed by atoms with E-state index in [0.717, 1.165) is 10.9 Å². The Balaban J connectivity index is 1.41. The number of piperazine rings is 1. The van der Waals surface area contributed by atoms with Crippen LogP contribution in [0.1, 0.15) is 38.1 Å². The Bertz CT molecular complexity index is 1230. The lowest BCUT2D eigenvalue weighted by molar-refractivity contribution is 0.0158. The summed E-state index contributed by atoms with van der Waals surface area (Å²) in [4.78, 5) is 29.2. The minimum Gasteiger partial charge on any atom is -0.496 e. The molecule has 35 heavy (non-hydrogen) atoms. The van der Waals surface area contributed by atoms with Gasteiger partial charge < -0.3 is 24.6 Å². The van der Waals surface area contributed by atoms with Crippen LogP contribution in [0.15, 0.2) is 30.5 Å². The van der Waals surface area contributed by atoms with E-state index >= 15 is 0 Å². The van der Waals surface area contributed by atoms with Gasteiger partial charge in [-0.2, -0.15) is 5.10 Å². The van der Waals surface area contributed by atoms with Crippen molar-refractivity contribution in [1.82, 2.24) is 24.9 Å². The second-order valence-corrected chi connectivity index (χ2v) is 9.61. The Hall–Kier alpha value is -3.89. The van der Waals surface area contributed by atoms with Gasteiger partial charge in [0.1, 0.15) is 11.4 Å². The fourth-order valence-electron chi connectivity index (χ4n) is 4.02. The van der Waals surface area contributed by atoms with Crippen molar-refractivity contribution in [3.05, 3.63) is 36.0 Å². The van der Waals surface area contributed by atoms with Crippen molar-refractivity contribution >= 4 is 34.5 Å². The lowest BCUT2D eigenvalue weighted by atomic mass is 10.1. The molecule has 0 saturated carbocycles. The third-order valence-corrected chi connectivity index (χ3v) is 5.66. The van der Waals surface area contributed by atoms with Crippen molar-refractivity contribution in [2.24, 2.45) is 7.05 Å².